The number of fused-ring (bicyclic) bond motifs is 1. The molecule has 3 nitrogen and oxygen atoms in total. The van der Waals surface area contributed by atoms with Crippen LogP contribution in [0.5, 0.6) is 0 Å². The zero-order valence-corrected chi connectivity index (χ0v) is 11.4. The number of rotatable bonds is 6. The second-order valence-corrected chi connectivity index (χ2v) is 4.98. The van der Waals surface area contributed by atoms with E-state index in [1.807, 2.05) is 6.07 Å². The molecule has 0 spiro atoms. The van der Waals surface area contributed by atoms with E-state index < -0.39 is 0 Å². The van der Waals surface area contributed by atoms with Crippen LogP contribution in [0.2, 0.25) is 0 Å². The molecule has 0 aliphatic heterocycles. The molecule has 0 saturated heterocycles. The highest BCUT2D eigenvalue weighted by Gasteiger charge is 2.13. The topological polar surface area (TPSA) is 43.4 Å². The maximum atomic E-state index is 11.8. The van der Waals surface area contributed by atoms with Crippen LogP contribution in [-0.2, 0) is 33.6 Å². The molecule has 0 fully saturated rings. The van der Waals surface area contributed by atoms with Gasteiger partial charge in [0.15, 0.2) is 0 Å². The normalized spacial score (nSPS) is 13.1. The van der Waals surface area contributed by atoms with Gasteiger partial charge in [-0.05, 0) is 42.9 Å². The van der Waals surface area contributed by atoms with E-state index in [4.69, 9.17) is 4.74 Å². The van der Waals surface area contributed by atoms with Gasteiger partial charge < -0.3 is 4.74 Å². The Balaban J connectivity index is 1.84. The van der Waals surface area contributed by atoms with Crippen LogP contribution in [0.3, 0.4) is 0 Å². The molecule has 2 rings (SSSR count). The fourth-order valence-electron chi connectivity index (χ4n) is 2.53. The van der Waals surface area contributed by atoms with E-state index in [-0.39, 0.29) is 24.6 Å². The summed E-state index contributed by atoms with van der Waals surface area (Å²) < 4.78 is 4.81. The molecule has 19 heavy (non-hydrogen) atoms. The van der Waals surface area contributed by atoms with Gasteiger partial charge in [0.2, 0.25) is 0 Å². The predicted molar refractivity (Wildman–Crippen MR) is 73.0 cm³/mol. The van der Waals surface area contributed by atoms with Crippen molar-refractivity contribution in [3.05, 3.63) is 34.9 Å². The lowest BCUT2D eigenvalue weighted by Crippen LogP contribution is -2.09. The first-order chi connectivity index (χ1) is 9.19. The van der Waals surface area contributed by atoms with Crippen LogP contribution in [0.4, 0.5) is 0 Å². The van der Waals surface area contributed by atoms with Gasteiger partial charge in [0.25, 0.3) is 0 Å². The Morgan fingerprint density at radius 2 is 1.95 bits per heavy atom. The zero-order chi connectivity index (χ0) is 13.7. The van der Waals surface area contributed by atoms with Crippen molar-refractivity contribution in [1.82, 2.24) is 0 Å². The van der Waals surface area contributed by atoms with Crippen LogP contribution in [-0.4, -0.2) is 18.4 Å². The minimum Gasteiger partial charge on any atom is -0.466 e. The summed E-state index contributed by atoms with van der Waals surface area (Å²) >= 11 is 0. The van der Waals surface area contributed by atoms with Gasteiger partial charge in [0, 0.05) is 12.8 Å². The molecule has 1 aliphatic rings. The molecule has 1 aromatic carbocycles. The number of esters is 1. The van der Waals surface area contributed by atoms with Gasteiger partial charge >= 0.3 is 5.97 Å². The first-order valence-electron chi connectivity index (χ1n) is 6.97. The average Bonchev–Trinajstić information content (AvgIpc) is 2.84. The number of carbonyl (C=O) groups excluding carboxylic acids is 2. The second kappa shape index (κ2) is 6.50. The minimum atomic E-state index is -0.287. The molecule has 0 unspecified atom stereocenters. The van der Waals surface area contributed by atoms with Crippen molar-refractivity contribution in [1.29, 1.82) is 0 Å². The Labute approximate surface area is 114 Å². The maximum Gasteiger partial charge on any atom is 0.306 e. The lowest BCUT2D eigenvalue weighted by molar-refractivity contribution is -0.144. The van der Waals surface area contributed by atoms with Crippen LogP contribution in [0, 0.1) is 0 Å². The largest absolute Gasteiger partial charge is 0.466 e. The maximum absolute atomic E-state index is 11.8. The highest BCUT2D eigenvalue weighted by atomic mass is 16.5. The molecule has 0 aromatic heterocycles. The number of ether oxygens (including phenoxy) is 1. The van der Waals surface area contributed by atoms with Crippen LogP contribution < -0.4 is 0 Å². The third kappa shape index (κ3) is 3.91. The molecule has 102 valence electrons. The first-order valence-corrected chi connectivity index (χ1v) is 6.97. The number of aryl methyl sites for hydroxylation is 2. The Kier molecular flexibility index (Phi) is 4.72. The summed E-state index contributed by atoms with van der Waals surface area (Å²) in [7, 11) is 0. The molecule has 0 N–H and O–H groups in total. The zero-order valence-electron chi connectivity index (χ0n) is 11.4. The van der Waals surface area contributed by atoms with Gasteiger partial charge in [-0.2, -0.15) is 0 Å². The van der Waals surface area contributed by atoms with Crippen LogP contribution in [0.15, 0.2) is 18.2 Å². The number of hydrogen-bond donors (Lipinski definition) is 0. The predicted octanol–water partition coefficient (Wildman–Crippen LogP) is 2.63. The quantitative estimate of drug-likeness (QED) is 0.738. The number of Topliss-reactive ketones (excluding diaryl/α,β-unsaturated/α-hetero) is 1. The minimum absolute atomic E-state index is 0.103. The van der Waals surface area contributed by atoms with Crippen molar-refractivity contribution in [2.24, 2.45) is 0 Å². The van der Waals surface area contributed by atoms with Crippen LogP contribution in [0.1, 0.15) is 42.9 Å². The van der Waals surface area contributed by atoms with Gasteiger partial charge in [-0.25, -0.2) is 0 Å². The van der Waals surface area contributed by atoms with E-state index in [1.165, 1.54) is 17.5 Å². The van der Waals surface area contributed by atoms with Gasteiger partial charge in [-0.3, -0.25) is 9.59 Å². The number of ketones is 1. The Bertz CT molecular complexity index is 477. The summed E-state index contributed by atoms with van der Waals surface area (Å²) in [6, 6.07) is 6.31. The van der Waals surface area contributed by atoms with Crippen molar-refractivity contribution in [2.75, 3.05) is 6.61 Å². The van der Waals surface area contributed by atoms with Gasteiger partial charge in [0.1, 0.15) is 5.78 Å². The number of benzene rings is 1. The third-order valence-electron chi connectivity index (χ3n) is 3.48. The van der Waals surface area contributed by atoms with Crippen LogP contribution >= 0.6 is 0 Å². The van der Waals surface area contributed by atoms with Gasteiger partial charge in [-0.15, -0.1) is 0 Å². The van der Waals surface area contributed by atoms with E-state index in [0.29, 0.717) is 13.0 Å². The summed E-state index contributed by atoms with van der Waals surface area (Å²) in [5.41, 5.74) is 3.87. The van der Waals surface area contributed by atoms with Crippen molar-refractivity contribution >= 4 is 11.8 Å². The molecule has 1 aromatic rings. The third-order valence-corrected chi connectivity index (χ3v) is 3.48. The Hall–Kier alpha value is -1.64. The Morgan fingerprint density at radius 1 is 1.16 bits per heavy atom. The van der Waals surface area contributed by atoms with Crippen molar-refractivity contribution in [3.63, 3.8) is 0 Å². The molecular formula is C16H20O3. The van der Waals surface area contributed by atoms with E-state index in [9.17, 15) is 9.59 Å². The highest BCUT2D eigenvalue weighted by molar-refractivity contribution is 5.84. The van der Waals surface area contributed by atoms with Crippen molar-refractivity contribution in [2.45, 2.75) is 45.4 Å². The summed E-state index contributed by atoms with van der Waals surface area (Å²) in [5.74, 6) is -0.184. The lowest BCUT2D eigenvalue weighted by Gasteiger charge is -2.05. The summed E-state index contributed by atoms with van der Waals surface area (Å²) in [5, 5.41) is 0. The smallest absolute Gasteiger partial charge is 0.306 e. The van der Waals surface area contributed by atoms with E-state index >= 15 is 0 Å². The molecule has 0 heterocycles. The van der Waals surface area contributed by atoms with E-state index in [2.05, 4.69) is 12.1 Å². The molecule has 0 atom stereocenters. The molecule has 0 radical (unpaired) electrons. The molecular weight excluding hydrogens is 240 g/mol. The molecule has 0 amide bonds. The summed E-state index contributed by atoms with van der Waals surface area (Å²) in [6.45, 7) is 2.14. The van der Waals surface area contributed by atoms with Crippen molar-refractivity contribution in [3.8, 4) is 0 Å². The van der Waals surface area contributed by atoms with E-state index in [1.54, 1.807) is 6.92 Å². The fourth-order valence-corrected chi connectivity index (χ4v) is 2.53. The van der Waals surface area contributed by atoms with Gasteiger partial charge in [-0.1, -0.05) is 18.2 Å². The first kappa shape index (κ1) is 13.8. The standard InChI is InChI=1S/C16H20O3/c1-2-19-16(18)9-8-15(17)11-12-6-7-13-4-3-5-14(13)10-12/h6-7,10H,2-5,8-9,11H2,1H3. The number of hydrogen-bond acceptors (Lipinski definition) is 3. The average molecular weight is 260 g/mol. The lowest BCUT2D eigenvalue weighted by atomic mass is 10.0. The Morgan fingerprint density at radius 3 is 2.74 bits per heavy atom. The van der Waals surface area contributed by atoms with E-state index in [0.717, 1.165) is 18.4 Å². The van der Waals surface area contributed by atoms with Gasteiger partial charge in [0.05, 0.1) is 13.0 Å². The molecule has 0 saturated carbocycles. The monoisotopic (exact) mass is 260 g/mol. The molecule has 1 aliphatic carbocycles. The second-order valence-electron chi connectivity index (χ2n) is 4.98. The highest BCUT2D eigenvalue weighted by Crippen LogP contribution is 2.23. The molecule has 0 bridgehead atoms. The SMILES string of the molecule is CCOC(=O)CCC(=O)Cc1ccc2c(c1)CCC2. The van der Waals surface area contributed by atoms with Crippen LogP contribution in [0.25, 0.3) is 0 Å². The fraction of sp³-hybridized carbons (Fsp3) is 0.500. The summed E-state index contributed by atoms with van der Waals surface area (Å²) in [6.07, 6.45) is 4.39. The van der Waals surface area contributed by atoms with Crippen molar-refractivity contribution < 1.29 is 14.3 Å². The number of carbonyl (C=O) groups is 2. The molecule has 3 heteroatoms. The summed E-state index contributed by atoms with van der Waals surface area (Å²) in [4.78, 5) is 23.0.